The molecule has 0 radical (unpaired) electrons. The van der Waals surface area contributed by atoms with Crippen LogP contribution in [-0.2, 0) is 4.79 Å². The molecule has 1 amide bonds. The van der Waals surface area contributed by atoms with Crippen molar-refractivity contribution in [3.8, 4) is 11.5 Å². The molecule has 0 atom stereocenters. The van der Waals surface area contributed by atoms with Crippen molar-refractivity contribution in [1.29, 1.82) is 0 Å². The molecule has 2 rings (SSSR count). The average molecular weight is 349 g/mol. The first kappa shape index (κ1) is 17.6. The van der Waals surface area contributed by atoms with Gasteiger partial charge in [-0.2, -0.15) is 0 Å². The highest BCUT2D eigenvalue weighted by Crippen LogP contribution is 2.21. The van der Waals surface area contributed by atoms with E-state index < -0.39 is 0 Å². The molecule has 0 saturated carbocycles. The predicted octanol–water partition coefficient (Wildman–Crippen LogP) is 3.49. The average Bonchev–Trinajstić information content (AvgIpc) is 2.55. The molecular weight excluding hydrogens is 330 g/mol. The third kappa shape index (κ3) is 6.88. The molecule has 0 aliphatic rings. The van der Waals surface area contributed by atoms with Gasteiger partial charge in [0, 0.05) is 34.3 Å². The third-order valence-electron chi connectivity index (χ3n) is 2.96. The van der Waals surface area contributed by atoms with Crippen molar-refractivity contribution >= 4 is 29.4 Å². The van der Waals surface area contributed by atoms with Gasteiger partial charge in [0.1, 0.15) is 11.5 Å². The SMILES string of the molecule is O=C(CCSc1ccc(O)cc1)NCCSc1ccc(O)cc1. The Hall–Kier alpha value is -1.79. The summed E-state index contributed by atoms with van der Waals surface area (Å²) in [6.07, 6.45) is 0.468. The number of amides is 1. The topological polar surface area (TPSA) is 69.6 Å². The lowest BCUT2D eigenvalue weighted by molar-refractivity contribution is -0.120. The number of phenolic OH excluding ortho intramolecular Hbond substituents is 2. The minimum absolute atomic E-state index is 0.0441. The number of thioether (sulfide) groups is 2. The van der Waals surface area contributed by atoms with Gasteiger partial charge >= 0.3 is 0 Å². The van der Waals surface area contributed by atoms with E-state index in [-0.39, 0.29) is 17.4 Å². The first-order chi connectivity index (χ1) is 11.1. The number of hydrogen-bond donors (Lipinski definition) is 3. The lowest BCUT2D eigenvalue weighted by atomic mass is 10.3. The van der Waals surface area contributed by atoms with Crippen LogP contribution in [-0.4, -0.2) is 34.2 Å². The maximum atomic E-state index is 11.7. The number of benzene rings is 2. The van der Waals surface area contributed by atoms with Crippen molar-refractivity contribution < 1.29 is 15.0 Å². The molecule has 0 aromatic heterocycles. The van der Waals surface area contributed by atoms with Crippen LogP contribution >= 0.6 is 23.5 Å². The van der Waals surface area contributed by atoms with Crippen LogP contribution in [0.2, 0.25) is 0 Å². The molecule has 122 valence electrons. The molecule has 6 heteroatoms. The highest BCUT2D eigenvalue weighted by atomic mass is 32.2. The second-order valence-corrected chi connectivity index (χ2v) is 7.12. The molecule has 2 aromatic rings. The monoisotopic (exact) mass is 349 g/mol. The molecule has 3 N–H and O–H groups in total. The van der Waals surface area contributed by atoms with Crippen molar-refractivity contribution in [3.05, 3.63) is 48.5 Å². The Kier molecular flexibility index (Phi) is 7.16. The second kappa shape index (κ2) is 9.37. The number of rotatable bonds is 8. The maximum absolute atomic E-state index is 11.7. The van der Waals surface area contributed by atoms with E-state index in [0.29, 0.717) is 18.7 Å². The number of carbonyl (C=O) groups is 1. The normalized spacial score (nSPS) is 10.4. The summed E-state index contributed by atoms with van der Waals surface area (Å²) in [5.74, 6) is 2.05. The summed E-state index contributed by atoms with van der Waals surface area (Å²) in [5.41, 5.74) is 0. The number of carbonyl (C=O) groups excluding carboxylic acids is 1. The minimum Gasteiger partial charge on any atom is -0.508 e. The Morgan fingerprint density at radius 1 is 0.826 bits per heavy atom. The summed E-state index contributed by atoms with van der Waals surface area (Å²) in [7, 11) is 0. The fourth-order valence-corrected chi connectivity index (χ4v) is 3.41. The Balaban J connectivity index is 1.56. The molecule has 0 heterocycles. The summed E-state index contributed by atoms with van der Waals surface area (Å²) < 4.78 is 0. The summed E-state index contributed by atoms with van der Waals surface area (Å²) in [5, 5.41) is 21.3. The van der Waals surface area contributed by atoms with Gasteiger partial charge in [-0.1, -0.05) is 0 Å². The highest BCUT2D eigenvalue weighted by molar-refractivity contribution is 7.99. The van der Waals surface area contributed by atoms with Crippen LogP contribution in [0.4, 0.5) is 0 Å². The number of nitrogens with one attached hydrogen (secondary N) is 1. The Morgan fingerprint density at radius 2 is 1.30 bits per heavy atom. The molecule has 4 nitrogen and oxygen atoms in total. The summed E-state index contributed by atoms with van der Waals surface area (Å²) in [4.78, 5) is 13.8. The third-order valence-corrected chi connectivity index (χ3v) is 4.99. The number of hydrogen-bond acceptors (Lipinski definition) is 5. The second-order valence-electron chi connectivity index (χ2n) is 4.78. The number of aromatic hydroxyl groups is 2. The molecule has 0 fully saturated rings. The quantitative estimate of drug-likeness (QED) is 0.503. The van der Waals surface area contributed by atoms with Crippen molar-refractivity contribution in [1.82, 2.24) is 5.32 Å². The van der Waals surface area contributed by atoms with E-state index >= 15 is 0 Å². The fourth-order valence-electron chi connectivity index (χ4n) is 1.79. The maximum Gasteiger partial charge on any atom is 0.220 e. The summed E-state index contributed by atoms with van der Waals surface area (Å²) in [6.45, 7) is 0.619. The molecule has 0 aliphatic carbocycles. The van der Waals surface area contributed by atoms with Gasteiger partial charge in [0.25, 0.3) is 0 Å². The van der Waals surface area contributed by atoms with Crippen LogP contribution in [0.5, 0.6) is 11.5 Å². The first-order valence-corrected chi connectivity index (χ1v) is 9.21. The van der Waals surface area contributed by atoms with Crippen LogP contribution in [0.1, 0.15) is 6.42 Å². The van der Waals surface area contributed by atoms with E-state index in [0.717, 1.165) is 15.5 Å². The molecule has 23 heavy (non-hydrogen) atoms. The van der Waals surface area contributed by atoms with Gasteiger partial charge in [0.05, 0.1) is 0 Å². The predicted molar refractivity (Wildman–Crippen MR) is 95.3 cm³/mol. The molecule has 0 bridgehead atoms. The van der Waals surface area contributed by atoms with Gasteiger partial charge in [-0.05, 0) is 48.5 Å². The Morgan fingerprint density at radius 3 is 1.83 bits per heavy atom. The zero-order valence-electron chi connectivity index (χ0n) is 12.6. The van der Waals surface area contributed by atoms with Crippen LogP contribution in [0, 0.1) is 0 Å². The zero-order valence-corrected chi connectivity index (χ0v) is 14.2. The fraction of sp³-hybridized carbons (Fsp3) is 0.235. The van der Waals surface area contributed by atoms with Crippen LogP contribution < -0.4 is 5.32 Å². The van der Waals surface area contributed by atoms with E-state index in [4.69, 9.17) is 0 Å². The van der Waals surface area contributed by atoms with E-state index in [1.165, 1.54) is 0 Å². The van der Waals surface area contributed by atoms with Gasteiger partial charge in [0.15, 0.2) is 0 Å². The van der Waals surface area contributed by atoms with Crippen molar-refractivity contribution in [2.45, 2.75) is 16.2 Å². The lowest BCUT2D eigenvalue weighted by Crippen LogP contribution is -2.25. The first-order valence-electron chi connectivity index (χ1n) is 7.24. The van der Waals surface area contributed by atoms with Gasteiger partial charge in [-0.3, -0.25) is 4.79 Å². The van der Waals surface area contributed by atoms with Gasteiger partial charge < -0.3 is 15.5 Å². The van der Waals surface area contributed by atoms with E-state index in [1.807, 2.05) is 24.3 Å². The minimum atomic E-state index is 0.0441. The molecule has 0 saturated heterocycles. The van der Waals surface area contributed by atoms with E-state index in [2.05, 4.69) is 5.32 Å². The van der Waals surface area contributed by atoms with Gasteiger partial charge in [-0.25, -0.2) is 0 Å². The van der Waals surface area contributed by atoms with Crippen LogP contribution in [0.3, 0.4) is 0 Å². The lowest BCUT2D eigenvalue weighted by Gasteiger charge is -2.06. The Bertz CT molecular complexity index is 615. The number of phenols is 2. The smallest absolute Gasteiger partial charge is 0.220 e. The molecule has 0 spiro atoms. The van der Waals surface area contributed by atoms with Crippen molar-refractivity contribution in [2.75, 3.05) is 18.1 Å². The van der Waals surface area contributed by atoms with E-state index in [1.54, 1.807) is 47.8 Å². The van der Waals surface area contributed by atoms with Crippen LogP contribution in [0.25, 0.3) is 0 Å². The molecule has 0 aliphatic heterocycles. The molecular formula is C17H19NO3S2. The highest BCUT2D eigenvalue weighted by Gasteiger charge is 2.02. The van der Waals surface area contributed by atoms with Gasteiger partial charge in [-0.15, -0.1) is 23.5 Å². The Labute approximate surface area is 144 Å². The summed E-state index contributed by atoms with van der Waals surface area (Å²) in [6, 6.07) is 14.0. The molecule has 0 unspecified atom stereocenters. The van der Waals surface area contributed by atoms with Gasteiger partial charge in [0.2, 0.25) is 5.91 Å². The van der Waals surface area contributed by atoms with Crippen molar-refractivity contribution in [3.63, 3.8) is 0 Å². The largest absolute Gasteiger partial charge is 0.508 e. The zero-order chi connectivity index (χ0) is 16.5. The van der Waals surface area contributed by atoms with Crippen molar-refractivity contribution in [2.24, 2.45) is 0 Å². The van der Waals surface area contributed by atoms with Crippen LogP contribution in [0.15, 0.2) is 58.3 Å². The summed E-state index contributed by atoms with van der Waals surface area (Å²) >= 11 is 3.23. The standard InChI is InChI=1S/C17H19NO3S2/c19-13-1-5-15(6-2-13)22-11-9-17(21)18-10-12-23-16-7-3-14(20)4-8-16/h1-8,19-20H,9-12H2,(H,18,21). The van der Waals surface area contributed by atoms with E-state index in [9.17, 15) is 15.0 Å². The molecule has 2 aromatic carbocycles.